The highest BCUT2D eigenvalue weighted by molar-refractivity contribution is 9.10. The molecule has 2 rings (SSSR count). The first-order chi connectivity index (χ1) is 8.72. The van der Waals surface area contributed by atoms with Gasteiger partial charge >= 0.3 is 0 Å². The summed E-state index contributed by atoms with van der Waals surface area (Å²) in [5, 5.41) is 9.18. The largest absolute Gasteiger partial charge is 0.392 e. The van der Waals surface area contributed by atoms with Crippen molar-refractivity contribution in [2.45, 2.75) is 26.4 Å². The van der Waals surface area contributed by atoms with Crippen LogP contribution in [-0.4, -0.2) is 15.1 Å². The minimum Gasteiger partial charge on any atom is -0.392 e. The highest BCUT2D eigenvalue weighted by atomic mass is 79.9. The van der Waals surface area contributed by atoms with Gasteiger partial charge in [0, 0.05) is 28.3 Å². The SMILES string of the molecule is CCc1nc(Cc2cccc(Br)c2)ncc1CO. The quantitative estimate of drug-likeness (QED) is 0.945. The Labute approximate surface area is 115 Å². The van der Waals surface area contributed by atoms with Crippen LogP contribution in [0.3, 0.4) is 0 Å². The fourth-order valence-electron chi connectivity index (χ4n) is 1.84. The van der Waals surface area contributed by atoms with Gasteiger partial charge in [0.15, 0.2) is 0 Å². The van der Waals surface area contributed by atoms with Gasteiger partial charge in [-0.1, -0.05) is 35.0 Å². The Bertz CT molecular complexity index is 543. The highest BCUT2D eigenvalue weighted by Crippen LogP contribution is 2.14. The van der Waals surface area contributed by atoms with E-state index in [1.165, 1.54) is 5.56 Å². The van der Waals surface area contributed by atoms with Crippen LogP contribution in [0.1, 0.15) is 29.6 Å². The fraction of sp³-hybridized carbons (Fsp3) is 0.286. The van der Waals surface area contributed by atoms with Crippen LogP contribution in [-0.2, 0) is 19.4 Å². The zero-order valence-corrected chi connectivity index (χ0v) is 11.8. The zero-order chi connectivity index (χ0) is 13.0. The summed E-state index contributed by atoms with van der Waals surface area (Å²) in [7, 11) is 0. The van der Waals surface area contributed by atoms with Crippen molar-refractivity contribution in [2.75, 3.05) is 0 Å². The molecule has 1 N–H and O–H groups in total. The van der Waals surface area contributed by atoms with Crippen molar-refractivity contribution in [1.29, 1.82) is 0 Å². The fourth-order valence-corrected chi connectivity index (χ4v) is 2.28. The van der Waals surface area contributed by atoms with Crippen molar-refractivity contribution in [3.05, 3.63) is 57.6 Å². The van der Waals surface area contributed by atoms with Gasteiger partial charge < -0.3 is 5.11 Å². The normalized spacial score (nSPS) is 10.6. The number of aromatic nitrogens is 2. The molecular formula is C14H15BrN2O. The second kappa shape index (κ2) is 6.07. The summed E-state index contributed by atoms with van der Waals surface area (Å²) < 4.78 is 1.06. The molecule has 0 aliphatic heterocycles. The van der Waals surface area contributed by atoms with Crippen molar-refractivity contribution in [3.63, 3.8) is 0 Å². The van der Waals surface area contributed by atoms with E-state index in [9.17, 15) is 5.11 Å². The van der Waals surface area contributed by atoms with Crippen LogP contribution in [0.5, 0.6) is 0 Å². The third kappa shape index (κ3) is 3.15. The molecule has 1 aromatic heterocycles. The smallest absolute Gasteiger partial charge is 0.132 e. The molecule has 1 aromatic carbocycles. The summed E-state index contributed by atoms with van der Waals surface area (Å²) in [6.45, 7) is 2.03. The van der Waals surface area contributed by atoms with Gasteiger partial charge in [-0.05, 0) is 24.1 Å². The summed E-state index contributed by atoms with van der Waals surface area (Å²) in [4.78, 5) is 8.80. The summed E-state index contributed by atoms with van der Waals surface area (Å²) >= 11 is 3.45. The number of rotatable bonds is 4. The van der Waals surface area contributed by atoms with Crippen LogP contribution in [0.15, 0.2) is 34.9 Å². The maximum absolute atomic E-state index is 9.18. The molecule has 94 valence electrons. The van der Waals surface area contributed by atoms with Crippen molar-refractivity contribution >= 4 is 15.9 Å². The third-order valence-corrected chi connectivity index (χ3v) is 3.25. The highest BCUT2D eigenvalue weighted by Gasteiger charge is 2.06. The molecule has 18 heavy (non-hydrogen) atoms. The van der Waals surface area contributed by atoms with Gasteiger partial charge in [-0.3, -0.25) is 0 Å². The molecule has 0 amide bonds. The maximum Gasteiger partial charge on any atom is 0.132 e. The number of hydrogen-bond donors (Lipinski definition) is 1. The topological polar surface area (TPSA) is 46.0 Å². The van der Waals surface area contributed by atoms with Crippen LogP contribution < -0.4 is 0 Å². The Balaban J connectivity index is 2.24. The van der Waals surface area contributed by atoms with Crippen molar-refractivity contribution < 1.29 is 5.11 Å². The van der Waals surface area contributed by atoms with Crippen molar-refractivity contribution in [2.24, 2.45) is 0 Å². The molecule has 0 fully saturated rings. The lowest BCUT2D eigenvalue weighted by Crippen LogP contribution is -2.04. The summed E-state index contributed by atoms with van der Waals surface area (Å²) in [6, 6.07) is 8.12. The monoisotopic (exact) mass is 306 g/mol. The van der Waals surface area contributed by atoms with Gasteiger partial charge in [0.05, 0.1) is 6.61 Å². The molecule has 0 aliphatic carbocycles. The van der Waals surface area contributed by atoms with Crippen molar-refractivity contribution in [1.82, 2.24) is 9.97 Å². The maximum atomic E-state index is 9.18. The predicted molar refractivity (Wildman–Crippen MR) is 74.3 cm³/mol. The van der Waals surface area contributed by atoms with E-state index >= 15 is 0 Å². The predicted octanol–water partition coefficient (Wildman–Crippen LogP) is 2.88. The molecule has 1 heterocycles. The lowest BCUT2D eigenvalue weighted by Gasteiger charge is -2.07. The van der Waals surface area contributed by atoms with Gasteiger partial charge in [-0.25, -0.2) is 9.97 Å². The summed E-state index contributed by atoms with van der Waals surface area (Å²) in [6.07, 6.45) is 3.24. The van der Waals surface area contributed by atoms with Crippen LogP contribution in [0.25, 0.3) is 0 Å². The third-order valence-electron chi connectivity index (χ3n) is 2.76. The van der Waals surface area contributed by atoms with Crippen LogP contribution >= 0.6 is 15.9 Å². The Morgan fingerprint density at radius 1 is 1.33 bits per heavy atom. The Hall–Kier alpha value is -1.26. The first-order valence-electron chi connectivity index (χ1n) is 5.92. The van der Waals surface area contributed by atoms with Crippen molar-refractivity contribution in [3.8, 4) is 0 Å². The Morgan fingerprint density at radius 2 is 2.17 bits per heavy atom. The standard InChI is InChI=1S/C14H15BrN2O/c1-2-13-11(9-18)8-16-14(17-13)7-10-4-3-5-12(15)6-10/h3-6,8,18H,2,7,9H2,1H3. The van der Waals surface area contributed by atoms with E-state index in [2.05, 4.69) is 38.0 Å². The average Bonchev–Trinajstić information content (AvgIpc) is 2.38. The van der Waals surface area contributed by atoms with E-state index in [1.54, 1.807) is 6.20 Å². The lowest BCUT2D eigenvalue weighted by molar-refractivity contribution is 0.279. The Morgan fingerprint density at radius 3 is 2.83 bits per heavy atom. The molecule has 3 nitrogen and oxygen atoms in total. The van der Waals surface area contributed by atoms with E-state index in [0.29, 0.717) is 6.42 Å². The van der Waals surface area contributed by atoms with Crippen LogP contribution in [0.2, 0.25) is 0 Å². The zero-order valence-electron chi connectivity index (χ0n) is 10.2. The van der Waals surface area contributed by atoms with E-state index < -0.39 is 0 Å². The lowest BCUT2D eigenvalue weighted by atomic mass is 10.1. The molecule has 4 heteroatoms. The van der Waals surface area contributed by atoms with Crippen LogP contribution in [0, 0.1) is 0 Å². The Kier molecular flexibility index (Phi) is 4.44. The number of halogens is 1. The van der Waals surface area contributed by atoms with Gasteiger partial charge in [0.25, 0.3) is 0 Å². The molecule has 0 aliphatic rings. The number of aliphatic hydroxyl groups is 1. The number of benzene rings is 1. The van der Waals surface area contributed by atoms with E-state index in [-0.39, 0.29) is 6.61 Å². The number of hydrogen-bond acceptors (Lipinski definition) is 3. The van der Waals surface area contributed by atoms with Gasteiger partial charge in [0.2, 0.25) is 0 Å². The molecule has 0 radical (unpaired) electrons. The minimum atomic E-state index is 0.000336. The molecule has 2 aromatic rings. The molecule has 0 spiro atoms. The second-order valence-corrected chi connectivity index (χ2v) is 4.99. The molecule has 0 unspecified atom stereocenters. The molecular weight excluding hydrogens is 292 g/mol. The number of nitrogens with zero attached hydrogens (tertiary/aromatic N) is 2. The van der Waals surface area contributed by atoms with E-state index in [1.807, 2.05) is 19.1 Å². The van der Waals surface area contributed by atoms with E-state index in [0.717, 1.165) is 28.0 Å². The first kappa shape index (κ1) is 13.2. The number of aliphatic hydroxyl groups excluding tert-OH is 1. The minimum absolute atomic E-state index is 0.000336. The summed E-state index contributed by atoms with van der Waals surface area (Å²) in [5.74, 6) is 0.794. The van der Waals surface area contributed by atoms with Gasteiger partial charge in [-0.15, -0.1) is 0 Å². The van der Waals surface area contributed by atoms with E-state index in [4.69, 9.17) is 0 Å². The summed E-state index contributed by atoms with van der Waals surface area (Å²) in [5.41, 5.74) is 2.91. The van der Waals surface area contributed by atoms with Gasteiger partial charge in [-0.2, -0.15) is 0 Å². The second-order valence-electron chi connectivity index (χ2n) is 4.08. The molecule has 0 saturated carbocycles. The molecule has 0 atom stereocenters. The van der Waals surface area contributed by atoms with Gasteiger partial charge in [0.1, 0.15) is 5.82 Å². The molecule has 0 bridgehead atoms. The number of aryl methyl sites for hydroxylation is 1. The average molecular weight is 307 g/mol. The van der Waals surface area contributed by atoms with Crippen LogP contribution in [0.4, 0.5) is 0 Å². The molecule has 0 saturated heterocycles. The first-order valence-corrected chi connectivity index (χ1v) is 6.71.